The van der Waals surface area contributed by atoms with Crippen LogP contribution in [0.2, 0.25) is 0 Å². The second-order valence-electron chi connectivity index (χ2n) is 4.66. The standard InChI is InChI=1S/C13H18ClN3O/c1-9(2)12(8-18-3)17-11-4-5-15-7-10(11)16-13(17)6-14/h4-5,7,9,12H,6,8H2,1-3H3. The topological polar surface area (TPSA) is 39.9 Å². The van der Waals surface area contributed by atoms with Gasteiger partial charge in [0.1, 0.15) is 11.3 Å². The van der Waals surface area contributed by atoms with E-state index in [1.165, 1.54) is 0 Å². The summed E-state index contributed by atoms with van der Waals surface area (Å²) in [5.74, 6) is 1.70. The van der Waals surface area contributed by atoms with E-state index in [9.17, 15) is 0 Å². The van der Waals surface area contributed by atoms with Crippen LogP contribution in [0.5, 0.6) is 0 Å². The van der Waals surface area contributed by atoms with Gasteiger partial charge in [0, 0.05) is 13.3 Å². The molecule has 0 bridgehead atoms. The van der Waals surface area contributed by atoms with Gasteiger partial charge in [0.2, 0.25) is 0 Å². The largest absolute Gasteiger partial charge is 0.383 e. The Morgan fingerprint density at radius 2 is 2.22 bits per heavy atom. The maximum Gasteiger partial charge on any atom is 0.125 e. The number of imidazole rings is 1. The Bertz CT molecular complexity index is 524. The number of hydrogen-bond acceptors (Lipinski definition) is 3. The first-order valence-electron chi connectivity index (χ1n) is 6.04. The van der Waals surface area contributed by atoms with Crippen LogP contribution in [-0.2, 0) is 10.6 Å². The van der Waals surface area contributed by atoms with Crippen molar-refractivity contribution in [1.29, 1.82) is 0 Å². The van der Waals surface area contributed by atoms with Gasteiger partial charge in [-0.2, -0.15) is 0 Å². The minimum absolute atomic E-state index is 0.233. The zero-order valence-corrected chi connectivity index (χ0v) is 11.7. The molecular formula is C13H18ClN3O. The fourth-order valence-corrected chi connectivity index (χ4v) is 2.39. The molecular weight excluding hydrogens is 250 g/mol. The number of nitrogens with zero attached hydrogens (tertiary/aromatic N) is 3. The molecule has 5 heteroatoms. The summed E-state index contributed by atoms with van der Waals surface area (Å²) < 4.78 is 7.51. The highest BCUT2D eigenvalue weighted by Crippen LogP contribution is 2.26. The first kappa shape index (κ1) is 13.3. The summed E-state index contributed by atoms with van der Waals surface area (Å²) >= 11 is 6.01. The van der Waals surface area contributed by atoms with Crippen LogP contribution in [0.1, 0.15) is 25.7 Å². The fraction of sp³-hybridized carbons (Fsp3) is 0.538. The van der Waals surface area contributed by atoms with Crippen molar-refractivity contribution in [2.75, 3.05) is 13.7 Å². The van der Waals surface area contributed by atoms with Crippen LogP contribution in [0.15, 0.2) is 18.5 Å². The lowest BCUT2D eigenvalue weighted by Gasteiger charge is -2.24. The van der Waals surface area contributed by atoms with Crippen LogP contribution < -0.4 is 0 Å². The third-order valence-electron chi connectivity index (χ3n) is 3.12. The van der Waals surface area contributed by atoms with Gasteiger partial charge in [0.15, 0.2) is 0 Å². The van der Waals surface area contributed by atoms with Crippen LogP contribution >= 0.6 is 11.6 Å². The third-order valence-corrected chi connectivity index (χ3v) is 3.36. The Labute approximate surface area is 112 Å². The summed E-state index contributed by atoms with van der Waals surface area (Å²) in [7, 11) is 1.72. The number of fused-ring (bicyclic) bond motifs is 1. The number of rotatable bonds is 5. The number of methoxy groups -OCH3 is 1. The maximum absolute atomic E-state index is 6.01. The summed E-state index contributed by atoms with van der Waals surface area (Å²) in [6.07, 6.45) is 3.55. The molecule has 0 saturated carbocycles. The van der Waals surface area contributed by atoms with Crippen molar-refractivity contribution in [3.05, 3.63) is 24.3 Å². The molecule has 0 spiro atoms. The van der Waals surface area contributed by atoms with Crippen LogP contribution in [0, 0.1) is 5.92 Å². The molecule has 2 aromatic heterocycles. The Morgan fingerprint density at radius 3 is 2.83 bits per heavy atom. The van der Waals surface area contributed by atoms with Crippen molar-refractivity contribution in [3.8, 4) is 0 Å². The minimum atomic E-state index is 0.233. The van der Waals surface area contributed by atoms with Crippen molar-refractivity contribution < 1.29 is 4.74 Å². The van der Waals surface area contributed by atoms with Crippen LogP contribution in [0.4, 0.5) is 0 Å². The lowest BCUT2D eigenvalue weighted by molar-refractivity contribution is 0.134. The summed E-state index contributed by atoms with van der Waals surface area (Å²) in [6.45, 7) is 5.00. The zero-order chi connectivity index (χ0) is 13.1. The molecule has 2 heterocycles. The van der Waals surface area contributed by atoms with E-state index in [1.54, 1.807) is 19.5 Å². The van der Waals surface area contributed by atoms with Gasteiger partial charge in [0.25, 0.3) is 0 Å². The van der Waals surface area contributed by atoms with Crippen molar-refractivity contribution in [2.45, 2.75) is 25.8 Å². The van der Waals surface area contributed by atoms with Gasteiger partial charge >= 0.3 is 0 Å². The molecule has 1 unspecified atom stereocenters. The van der Waals surface area contributed by atoms with Gasteiger partial charge in [-0.1, -0.05) is 13.8 Å². The van der Waals surface area contributed by atoms with E-state index in [-0.39, 0.29) is 6.04 Å². The third kappa shape index (κ3) is 2.35. The van der Waals surface area contributed by atoms with Gasteiger partial charge in [-0.15, -0.1) is 11.6 Å². The molecule has 0 amide bonds. The number of pyridine rings is 1. The predicted octanol–water partition coefficient (Wildman–Crippen LogP) is 3.01. The molecule has 2 rings (SSSR count). The molecule has 0 N–H and O–H groups in total. The van der Waals surface area contributed by atoms with E-state index in [2.05, 4.69) is 28.4 Å². The molecule has 1 atom stereocenters. The molecule has 18 heavy (non-hydrogen) atoms. The summed E-state index contributed by atoms with van der Waals surface area (Å²) in [5.41, 5.74) is 1.95. The van der Waals surface area contributed by atoms with Crippen LogP contribution in [0.3, 0.4) is 0 Å². The summed E-state index contributed by atoms with van der Waals surface area (Å²) in [5, 5.41) is 0. The molecule has 0 aromatic carbocycles. The second-order valence-corrected chi connectivity index (χ2v) is 4.93. The van der Waals surface area contributed by atoms with E-state index >= 15 is 0 Å². The SMILES string of the molecule is COCC(C(C)C)n1c(CCl)nc2cnccc21. The fourth-order valence-electron chi connectivity index (χ4n) is 2.20. The zero-order valence-electron chi connectivity index (χ0n) is 10.9. The van der Waals surface area contributed by atoms with Crippen LogP contribution in [0.25, 0.3) is 11.0 Å². The first-order chi connectivity index (χ1) is 8.69. The Kier molecular flexibility index (Phi) is 4.19. The molecule has 2 aromatic rings. The van der Waals surface area contributed by atoms with E-state index in [4.69, 9.17) is 16.3 Å². The molecule has 0 aliphatic rings. The molecule has 0 aliphatic carbocycles. The maximum atomic E-state index is 6.01. The molecule has 0 fully saturated rings. The molecule has 98 valence electrons. The normalized spacial score (nSPS) is 13.4. The number of halogens is 1. The van der Waals surface area contributed by atoms with E-state index in [0.29, 0.717) is 18.4 Å². The highest BCUT2D eigenvalue weighted by Gasteiger charge is 2.21. The molecule has 4 nitrogen and oxygen atoms in total. The molecule has 0 aliphatic heterocycles. The number of alkyl halides is 1. The number of aromatic nitrogens is 3. The lowest BCUT2D eigenvalue weighted by Crippen LogP contribution is -2.22. The first-order valence-corrected chi connectivity index (χ1v) is 6.58. The quantitative estimate of drug-likeness (QED) is 0.782. The van der Waals surface area contributed by atoms with E-state index < -0.39 is 0 Å². The van der Waals surface area contributed by atoms with Crippen molar-refractivity contribution >= 4 is 22.6 Å². The summed E-state index contributed by atoms with van der Waals surface area (Å²) in [6, 6.07) is 2.21. The summed E-state index contributed by atoms with van der Waals surface area (Å²) in [4.78, 5) is 8.63. The van der Waals surface area contributed by atoms with E-state index in [1.807, 2.05) is 6.07 Å². The van der Waals surface area contributed by atoms with Gasteiger partial charge in [-0.25, -0.2) is 4.98 Å². The minimum Gasteiger partial charge on any atom is -0.383 e. The number of hydrogen-bond donors (Lipinski definition) is 0. The number of ether oxygens (including phenoxy) is 1. The van der Waals surface area contributed by atoms with Crippen LogP contribution in [-0.4, -0.2) is 28.3 Å². The van der Waals surface area contributed by atoms with Crippen molar-refractivity contribution in [1.82, 2.24) is 14.5 Å². The van der Waals surface area contributed by atoms with E-state index in [0.717, 1.165) is 16.9 Å². The molecule has 0 radical (unpaired) electrons. The predicted molar refractivity (Wildman–Crippen MR) is 72.8 cm³/mol. The van der Waals surface area contributed by atoms with Crippen molar-refractivity contribution in [2.24, 2.45) is 5.92 Å². The molecule has 0 saturated heterocycles. The average Bonchev–Trinajstić information content (AvgIpc) is 2.74. The smallest absolute Gasteiger partial charge is 0.125 e. The monoisotopic (exact) mass is 267 g/mol. The Balaban J connectivity index is 2.58. The van der Waals surface area contributed by atoms with Gasteiger partial charge in [0.05, 0.1) is 30.2 Å². The second kappa shape index (κ2) is 5.67. The Morgan fingerprint density at radius 1 is 1.44 bits per heavy atom. The van der Waals surface area contributed by atoms with Gasteiger partial charge in [-0.05, 0) is 12.0 Å². The van der Waals surface area contributed by atoms with Crippen molar-refractivity contribution in [3.63, 3.8) is 0 Å². The highest BCUT2D eigenvalue weighted by molar-refractivity contribution is 6.16. The lowest BCUT2D eigenvalue weighted by atomic mass is 10.0. The Hall–Kier alpha value is -1.13. The average molecular weight is 268 g/mol. The van der Waals surface area contributed by atoms with Gasteiger partial charge in [-0.3, -0.25) is 4.98 Å². The van der Waals surface area contributed by atoms with Gasteiger partial charge < -0.3 is 9.30 Å². The highest BCUT2D eigenvalue weighted by atomic mass is 35.5.